The standard InChI is InChI=1S/C12H22N2O/c1-3-4-5-8-14(2)12(15)10-13-9-11-6-7-11/h3,11,13H,1,4-10H2,2H3. The summed E-state index contributed by atoms with van der Waals surface area (Å²) in [7, 11) is 1.87. The molecule has 1 aliphatic carbocycles. The van der Waals surface area contributed by atoms with Gasteiger partial charge in [0.1, 0.15) is 0 Å². The number of nitrogens with zero attached hydrogens (tertiary/aromatic N) is 1. The lowest BCUT2D eigenvalue weighted by molar-refractivity contribution is -0.129. The zero-order chi connectivity index (χ0) is 11.1. The number of likely N-dealkylation sites (N-methyl/N-ethyl adjacent to an activating group) is 1. The van der Waals surface area contributed by atoms with Crippen LogP contribution in [0.4, 0.5) is 0 Å². The van der Waals surface area contributed by atoms with Gasteiger partial charge in [-0.1, -0.05) is 6.08 Å². The van der Waals surface area contributed by atoms with Gasteiger partial charge in [-0.2, -0.15) is 0 Å². The number of hydrogen-bond donors (Lipinski definition) is 1. The molecule has 0 aromatic carbocycles. The molecule has 86 valence electrons. The first-order valence-corrected chi connectivity index (χ1v) is 5.79. The Morgan fingerprint density at radius 1 is 1.60 bits per heavy atom. The highest BCUT2D eigenvalue weighted by Gasteiger charge is 2.20. The van der Waals surface area contributed by atoms with E-state index < -0.39 is 0 Å². The quantitative estimate of drug-likeness (QED) is 0.485. The Morgan fingerprint density at radius 3 is 2.93 bits per heavy atom. The molecule has 1 rings (SSSR count). The van der Waals surface area contributed by atoms with Crippen molar-refractivity contribution in [2.24, 2.45) is 5.92 Å². The van der Waals surface area contributed by atoms with Gasteiger partial charge >= 0.3 is 0 Å². The molecule has 1 fully saturated rings. The molecule has 3 heteroatoms. The van der Waals surface area contributed by atoms with Gasteiger partial charge in [-0.25, -0.2) is 0 Å². The van der Waals surface area contributed by atoms with Gasteiger partial charge in [-0.05, 0) is 38.1 Å². The molecule has 15 heavy (non-hydrogen) atoms. The zero-order valence-electron chi connectivity index (χ0n) is 9.67. The number of amides is 1. The van der Waals surface area contributed by atoms with Gasteiger partial charge in [0.05, 0.1) is 6.54 Å². The number of hydrogen-bond acceptors (Lipinski definition) is 2. The zero-order valence-corrected chi connectivity index (χ0v) is 9.67. The number of nitrogens with one attached hydrogen (secondary N) is 1. The van der Waals surface area contributed by atoms with Gasteiger partial charge < -0.3 is 10.2 Å². The Labute approximate surface area is 92.5 Å². The minimum atomic E-state index is 0.194. The summed E-state index contributed by atoms with van der Waals surface area (Å²) >= 11 is 0. The Hall–Kier alpha value is -0.830. The van der Waals surface area contributed by atoms with Crippen molar-refractivity contribution in [2.75, 3.05) is 26.7 Å². The number of carbonyl (C=O) groups is 1. The van der Waals surface area contributed by atoms with Crippen molar-refractivity contribution < 1.29 is 4.79 Å². The van der Waals surface area contributed by atoms with E-state index in [1.165, 1.54) is 12.8 Å². The van der Waals surface area contributed by atoms with Crippen LogP contribution >= 0.6 is 0 Å². The molecule has 0 aromatic heterocycles. The van der Waals surface area contributed by atoms with Crippen LogP contribution in [-0.2, 0) is 4.79 Å². The van der Waals surface area contributed by atoms with Gasteiger partial charge in [-0.3, -0.25) is 4.79 Å². The summed E-state index contributed by atoms with van der Waals surface area (Å²) in [6, 6.07) is 0. The van der Waals surface area contributed by atoms with Crippen molar-refractivity contribution in [3.63, 3.8) is 0 Å². The van der Waals surface area contributed by atoms with Gasteiger partial charge in [0.25, 0.3) is 0 Å². The van der Waals surface area contributed by atoms with E-state index in [2.05, 4.69) is 11.9 Å². The second-order valence-corrected chi connectivity index (χ2v) is 4.32. The summed E-state index contributed by atoms with van der Waals surface area (Å²) in [5.74, 6) is 1.03. The van der Waals surface area contributed by atoms with Crippen molar-refractivity contribution in [3.05, 3.63) is 12.7 Å². The summed E-state index contributed by atoms with van der Waals surface area (Å²) in [4.78, 5) is 13.4. The largest absolute Gasteiger partial charge is 0.345 e. The van der Waals surface area contributed by atoms with E-state index >= 15 is 0 Å². The average molecular weight is 210 g/mol. The van der Waals surface area contributed by atoms with Crippen LogP contribution in [0.5, 0.6) is 0 Å². The molecule has 0 aromatic rings. The molecular formula is C12H22N2O. The molecule has 0 aliphatic heterocycles. The average Bonchev–Trinajstić information content (AvgIpc) is 3.02. The maximum absolute atomic E-state index is 11.6. The highest BCUT2D eigenvalue weighted by atomic mass is 16.2. The van der Waals surface area contributed by atoms with E-state index in [9.17, 15) is 4.79 Å². The van der Waals surface area contributed by atoms with Crippen molar-refractivity contribution in [3.8, 4) is 0 Å². The van der Waals surface area contributed by atoms with Crippen molar-refractivity contribution >= 4 is 5.91 Å². The highest BCUT2D eigenvalue weighted by molar-refractivity contribution is 5.77. The summed E-state index contributed by atoms with van der Waals surface area (Å²) < 4.78 is 0. The first-order valence-electron chi connectivity index (χ1n) is 5.79. The maximum atomic E-state index is 11.6. The lowest BCUT2D eigenvalue weighted by Crippen LogP contribution is -2.36. The Kier molecular flexibility index (Phi) is 5.40. The molecule has 3 nitrogen and oxygen atoms in total. The number of unbranched alkanes of at least 4 members (excludes halogenated alkanes) is 1. The van der Waals surface area contributed by atoms with Crippen LogP contribution in [0.3, 0.4) is 0 Å². The maximum Gasteiger partial charge on any atom is 0.236 e. The second-order valence-electron chi connectivity index (χ2n) is 4.32. The molecular weight excluding hydrogens is 188 g/mol. The second kappa shape index (κ2) is 6.62. The fourth-order valence-electron chi connectivity index (χ4n) is 1.44. The third kappa shape index (κ3) is 5.57. The summed E-state index contributed by atoms with van der Waals surface area (Å²) in [6.45, 7) is 5.99. The Bertz CT molecular complexity index is 212. The number of carbonyl (C=O) groups excluding carboxylic acids is 1. The van der Waals surface area contributed by atoms with Crippen LogP contribution in [0.1, 0.15) is 25.7 Å². The predicted molar refractivity (Wildman–Crippen MR) is 62.7 cm³/mol. The molecule has 0 unspecified atom stereocenters. The lowest BCUT2D eigenvalue weighted by Gasteiger charge is -2.16. The van der Waals surface area contributed by atoms with Gasteiger partial charge in [0, 0.05) is 13.6 Å². The Morgan fingerprint density at radius 2 is 2.33 bits per heavy atom. The molecule has 0 heterocycles. The summed E-state index contributed by atoms with van der Waals surface area (Å²) in [6.07, 6.45) is 6.54. The van der Waals surface area contributed by atoms with Crippen molar-refractivity contribution in [1.29, 1.82) is 0 Å². The predicted octanol–water partition coefficient (Wildman–Crippen LogP) is 1.41. The molecule has 0 spiro atoms. The minimum absolute atomic E-state index is 0.194. The smallest absolute Gasteiger partial charge is 0.236 e. The number of rotatable bonds is 8. The molecule has 1 saturated carbocycles. The lowest BCUT2D eigenvalue weighted by atomic mass is 10.3. The van der Waals surface area contributed by atoms with Gasteiger partial charge in [-0.15, -0.1) is 6.58 Å². The van der Waals surface area contributed by atoms with Crippen molar-refractivity contribution in [2.45, 2.75) is 25.7 Å². The fraction of sp³-hybridized carbons (Fsp3) is 0.750. The highest BCUT2D eigenvalue weighted by Crippen LogP contribution is 2.27. The van der Waals surface area contributed by atoms with Gasteiger partial charge in [0.2, 0.25) is 5.91 Å². The van der Waals surface area contributed by atoms with E-state index in [-0.39, 0.29) is 5.91 Å². The van der Waals surface area contributed by atoms with Crippen molar-refractivity contribution in [1.82, 2.24) is 10.2 Å². The van der Waals surface area contributed by atoms with Crippen LogP contribution < -0.4 is 5.32 Å². The molecule has 1 aliphatic rings. The Balaban J connectivity index is 2.00. The molecule has 0 radical (unpaired) electrons. The fourth-order valence-corrected chi connectivity index (χ4v) is 1.44. The third-order valence-electron chi connectivity index (χ3n) is 2.73. The van der Waals surface area contributed by atoms with Crippen LogP contribution in [0.2, 0.25) is 0 Å². The van der Waals surface area contributed by atoms with Crippen LogP contribution in [-0.4, -0.2) is 37.5 Å². The van der Waals surface area contributed by atoms with Gasteiger partial charge in [0.15, 0.2) is 0 Å². The monoisotopic (exact) mass is 210 g/mol. The minimum Gasteiger partial charge on any atom is -0.345 e. The number of allylic oxidation sites excluding steroid dienone is 1. The summed E-state index contributed by atoms with van der Waals surface area (Å²) in [5, 5.41) is 3.21. The van der Waals surface area contributed by atoms with E-state index in [0.717, 1.165) is 31.8 Å². The first kappa shape index (κ1) is 12.2. The third-order valence-corrected chi connectivity index (χ3v) is 2.73. The van der Waals surface area contributed by atoms with E-state index in [4.69, 9.17) is 0 Å². The molecule has 0 atom stereocenters. The summed E-state index contributed by atoms with van der Waals surface area (Å²) in [5.41, 5.74) is 0. The SMILES string of the molecule is C=CCCCN(C)C(=O)CNCC1CC1. The van der Waals surface area contributed by atoms with E-state index in [0.29, 0.717) is 6.54 Å². The molecule has 1 amide bonds. The molecule has 0 bridgehead atoms. The van der Waals surface area contributed by atoms with Crippen LogP contribution in [0, 0.1) is 5.92 Å². The topological polar surface area (TPSA) is 32.3 Å². The van der Waals surface area contributed by atoms with Crippen LogP contribution in [0.25, 0.3) is 0 Å². The normalized spacial score (nSPS) is 15.0. The molecule has 0 saturated heterocycles. The first-order chi connectivity index (χ1) is 7.24. The molecule has 1 N–H and O–H groups in total. The van der Waals surface area contributed by atoms with Crippen LogP contribution in [0.15, 0.2) is 12.7 Å². The van der Waals surface area contributed by atoms with E-state index in [1.54, 1.807) is 4.90 Å². The van der Waals surface area contributed by atoms with E-state index in [1.807, 2.05) is 13.1 Å².